The van der Waals surface area contributed by atoms with Crippen LogP contribution in [0.4, 0.5) is 0 Å². The maximum absolute atomic E-state index is 13.2. The van der Waals surface area contributed by atoms with Crippen molar-refractivity contribution in [1.29, 1.82) is 0 Å². The Morgan fingerprint density at radius 1 is 0.862 bits per heavy atom. The van der Waals surface area contributed by atoms with E-state index in [9.17, 15) is 4.79 Å². The molecule has 0 N–H and O–H groups in total. The molecule has 4 nitrogen and oxygen atoms in total. The predicted molar refractivity (Wildman–Crippen MR) is 115 cm³/mol. The fourth-order valence-corrected chi connectivity index (χ4v) is 3.69. The first-order valence-electron chi connectivity index (χ1n) is 9.99. The quantitative estimate of drug-likeness (QED) is 0.459. The first-order valence-corrected chi connectivity index (χ1v) is 9.99. The van der Waals surface area contributed by atoms with E-state index in [1.165, 1.54) is 0 Å². The van der Waals surface area contributed by atoms with E-state index in [0.717, 1.165) is 28.2 Å². The van der Waals surface area contributed by atoms with Crippen LogP contribution < -0.4 is 0 Å². The molecule has 0 bridgehead atoms. The van der Waals surface area contributed by atoms with Gasteiger partial charge in [-0.15, -0.1) is 0 Å². The number of hydrogen-bond donors (Lipinski definition) is 0. The smallest absolute Gasteiger partial charge is 0.223 e. The van der Waals surface area contributed by atoms with E-state index < -0.39 is 0 Å². The Bertz CT molecular complexity index is 1050. The number of imidazole rings is 1. The van der Waals surface area contributed by atoms with Gasteiger partial charge in [0.05, 0.1) is 5.69 Å². The minimum absolute atomic E-state index is 0.156. The molecule has 0 aliphatic rings. The zero-order chi connectivity index (χ0) is 20.1. The van der Waals surface area contributed by atoms with E-state index in [1.54, 1.807) is 0 Å². The van der Waals surface area contributed by atoms with Crippen molar-refractivity contribution < 1.29 is 4.79 Å². The number of aryl methyl sites for hydroxylation is 2. The lowest BCUT2D eigenvalue weighted by Crippen LogP contribution is -2.30. The molecule has 0 aliphatic heterocycles. The lowest BCUT2D eigenvalue weighted by atomic mass is 10.1. The Morgan fingerprint density at radius 2 is 1.45 bits per heavy atom. The number of nitrogens with zero attached hydrogens (tertiary/aromatic N) is 3. The SMILES string of the molecule is Cc1nc2ccccn2c1CCC(=O)N(Cc1ccccc1)Cc1ccccc1. The van der Waals surface area contributed by atoms with Crippen molar-refractivity contribution in [3.05, 3.63) is 108 Å². The number of benzene rings is 2. The van der Waals surface area contributed by atoms with Gasteiger partial charge in [-0.1, -0.05) is 66.7 Å². The standard InChI is InChI=1S/C25H25N3O/c1-20-23(28-17-9-8-14-24(28)26-20)15-16-25(29)27(18-21-10-4-2-5-11-21)19-22-12-6-3-7-13-22/h2-14,17H,15-16,18-19H2,1H3. The van der Waals surface area contributed by atoms with Gasteiger partial charge in [-0.2, -0.15) is 0 Å². The number of carbonyl (C=O) groups excluding carboxylic acids is 1. The predicted octanol–water partition coefficient (Wildman–Crippen LogP) is 4.80. The van der Waals surface area contributed by atoms with E-state index in [1.807, 2.05) is 72.6 Å². The van der Waals surface area contributed by atoms with Gasteiger partial charge in [-0.05, 0) is 36.6 Å². The Kier molecular flexibility index (Phi) is 5.71. The highest BCUT2D eigenvalue weighted by Gasteiger charge is 2.17. The molecule has 4 rings (SSSR count). The van der Waals surface area contributed by atoms with Gasteiger partial charge < -0.3 is 9.30 Å². The van der Waals surface area contributed by atoms with Gasteiger partial charge in [-0.25, -0.2) is 4.98 Å². The molecule has 0 unspecified atom stereocenters. The van der Waals surface area contributed by atoms with Crippen molar-refractivity contribution in [1.82, 2.24) is 14.3 Å². The second kappa shape index (κ2) is 8.74. The van der Waals surface area contributed by atoms with E-state index in [4.69, 9.17) is 0 Å². The van der Waals surface area contributed by atoms with Gasteiger partial charge in [-0.3, -0.25) is 4.79 Å². The fraction of sp³-hybridized carbons (Fsp3) is 0.200. The highest BCUT2D eigenvalue weighted by Crippen LogP contribution is 2.16. The van der Waals surface area contributed by atoms with E-state index in [2.05, 4.69) is 33.7 Å². The van der Waals surface area contributed by atoms with Crippen molar-refractivity contribution >= 4 is 11.6 Å². The minimum Gasteiger partial charge on any atom is -0.334 e. The van der Waals surface area contributed by atoms with Gasteiger partial charge in [0.25, 0.3) is 0 Å². The number of pyridine rings is 1. The Balaban J connectivity index is 1.51. The van der Waals surface area contributed by atoms with Crippen molar-refractivity contribution in [2.24, 2.45) is 0 Å². The van der Waals surface area contributed by atoms with E-state index in [0.29, 0.717) is 25.9 Å². The first kappa shape index (κ1) is 18.9. The van der Waals surface area contributed by atoms with E-state index in [-0.39, 0.29) is 5.91 Å². The Hall–Kier alpha value is -3.40. The average molecular weight is 383 g/mol. The summed E-state index contributed by atoms with van der Waals surface area (Å²) in [6, 6.07) is 26.3. The van der Waals surface area contributed by atoms with Crippen molar-refractivity contribution in [3.63, 3.8) is 0 Å². The summed E-state index contributed by atoms with van der Waals surface area (Å²) in [5, 5.41) is 0. The number of fused-ring (bicyclic) bond motifs is 1. The molecule has 0 spiro atoms. The van der Waals surface area contributed by atoms with Crippen LogP contribution in [-0.2, 0) is 24.3 Å². The molecule has 0 saturated carbocycles. The van der Waals surface area contributed by atoms with Crippen molar-refractivity contribution in [3.8, 4) is 0 Å². The lowest BCUT2D eigenvalue weighted by molar-refractivity contribution is -0.132. The molecular formula is C25H25N3O. The molecule has 0 aliphatic carbocycles. The van der Waals surface area contributed by atoms with Crippen LogP contribution in [-0.4, -0.2) is 20.2 Å². The maximum atomic E-state index is 13.2. The first-order chi connectivity index (χ1) is 14.2. The van der Waals surface area contributed by atoms with Crippen molar-refractivity contribution in [2.45, 2.75) is 32.9 Å². The van der Waals surface area contributed by atoms with Gasteiger partial charge in [0, 0.05) is 31.4 Å². The third-order valence-corrected chi connectivity index (χ3v) is 5.19. The largest absolute Gasteiger partial charge is 0.334 e. The molecular weight excluding hydrogens is 358 g/mol. The van der Waals surface area contributed by atoms with Gasteiger partial charge >= 0.3 is 0 Å². The van der Waals surface area contributed by atoms with E-state index >= 15 is 0 Å². The summed E-state index contributed by atoms with van der Waals surface area (Å²) in [6.45, 7) is 3.24. The topological polar surface area (TPSA) is 37.6 Å². The minimum atomic E-state index is 0.156. The monoisotopic (exact) mass is 383 g/mol. The maximum Gasteiger partial charge on any atom is 0.223 e. The second-order valence-corrected chi connectivity index (χ2v) is 7.29. The van der Waals surface area contributed by atoms with Crippen molar-refractivity contribution in [2.75, 3.05) is 0 Å². The Labute approximate surface area is 171 Å². The average Bonchev–Trinajstić information content (AvgIpc) is 3.08. The van der Waals surface area contributed by atoms with Crippen LogP contribution in [0, 0.1) is 6.92 Å². The number of rotatable bonds is 7. The number of aromatic nitrogens is 2. The molecule has 0 saturated heterocycles. The summed E-state index contributed by atoms with van der Waals surface area (Å²) in [5.41, 5.74) is 5.30. The summed E-state index contributed by atoms with van der Waals surface area (Å²) in [4.78, 5) is 19.7. The van der Waals surface area contributed by atoms with Crippen LogP contribution >= 0.6 is 0 Å². The van der Waals surface area contributed by atoms with Gasteiger partial charge in [0.15, 0.2) is 0 Å². The van der Waals surface area contributed by atoms with Gasteiger partial charge in [0.1, 0.15) is 5.65 Å². The molecule has 0 fully saturated rings. The summed E-state index contributed by atoms with van der Waals surface area (Å²) >= 11 is 0. The highest BCUT2D eigenvalue weighted by molar-refractivity contribution is 5.76. The summed E-state index contributed by atoms with van der Waals surface area (Å²) in [5.74, 6) is 0.156. The van der Waals surface area contributed by atoms with Gasteiger partial charge in [0.2, 0.25) is 5.91 Å². The zero-order valence-electron chi connectivity index (χ0n) is 16.7. The van der Waals surface area contributed by atoms with Crippen LogP contribution in [0.5, 0.6) is 0 Å². The molecule has 0 atom stereocenters. The molecule has 2 heterocycles. The lowest BCUT2D eigenvalue weighted by Gasteiger charge is -2.23. The molecule has 0 radical (unpaired) electrons. The molecule has 2 aromatic heterocycles. The normalized spacial score (nSPS) is 10.9. The zero-order valence-corrected chi connectivity index (χ0v) is 16.7. The number of amides is 1. The highest BCUT2D eigenvalue weighted by atomic mass is 16.2. The summed E-state index contributed by atoms with van der Waals surface area (Å²) < 4.78 is 2.08. The van der Waals surface area contributed by atoms with Crippen LogP contribution in [0.25, 0.3) is 5.65 Å². The second-order valence-electron chi connectivity index (χ2n) is 7.29. The summed E-state index contributed by atoms with van der Waals surface area (Å²) in [7, 11) is 0. The molecule has 29 heavy (non-hydrogen) atoms. The van der Waals surface area contributed by atoms with Crippen LogP contribution in [0.1, 0.15) is 28.9 Å². The number of carbonyl (C=O) groups is 1. The molecule has 4 aromatic rings. The summed E-state index contributed by atoms with van der Waals surface area (Å²) in [6.07, 6.45) is 3.15. The Morgan fingerprint density at radius 3 is 2.07 bits per heavy atom. The van der Waals surface area contributed by atoms with Crippen LogP contribution in [0.2, 0.25) is 0 Å². The number of hydrogen-bond acceptors (Lipinski definition) is 2. The fourth-order valence-electron chi connectivity index (χ4n) is 3.69. The third kappa shape index (κ3) is 4.54. The molecule has 4 heteroatoms. The van der Waals surface area contributed by atoms with Crippen LogP contribution in [0.15, 0.2) is 85.1 Å². The third-order valence-electron chi connectivity index (χ3n) is 5.19. The van der Waals surface area contributed by atoms with Crippen LogP contribution in [0.3, 0.4) is 0 Å². The molecule has 1 amide bonds. The molecule has 2 aromatic carbocycles. The molecule has 146 valence electrons.